The number of benzene rings is 1. The molecule has 32 heavy (non-hydrogen) atoms. The van der Waals surface area contributed by atoms with Crippen LogP contribution in [0, 0.1) is 13.8 Å². The maximum Gasteiger partial charge on any atom is 0.225 e. The number of anilines is 1. The van der Waals surface area contributed by atoms with Crippen molar-refractivity contribution in [2.24, 2.45) is 0 Å². The molecule has 0 amide bonds. The molecule has 1 fully saturated rings. The lowest BCUT2D eigenvalue weighted by Gasteiger charge is -2.37. The van der Waals surface area contributed by atoms with Crippen molar-refractivity contribution in [3.05, 3.63) is 65.2 Å². The number of hydrogen-bond donors (Lipinski definition) is 0. The van der Waals surface area contributed by atoms with E-state index in [0.29, 0.717) is 0 Å². The molecule has 0 N–H and O–H groups in total. The Morgan fingerprint density at radius 2 is 1.94 bits per heavy atom. The molecule has 1 aliphatic heterocycles. The highest BCUT2D eigenvalue weighted by molar-refractivity contribution is 5.69. The third-order valence-electron chi connectivity index (χ3n) is 6.26. The van der Waals surface area contributed by atoms with Crippen LogP contribution in [0.3, 0.4) is 0 Å². The average molecular weight is 432 g/mol. The van der Waals surface area contributed by atoms with E-state index in [0.717, 1.165) is 53.6 Å². The summed E-state index contributed by atoms with van der Waals surface area (Å²) in [4.78, 5) is 18.5. The van der Waals surface area contributed by atoms with Crippen LogP contribution >= 0.6 is 0 Å². The third kappa shape index (κ3) is 4.60. The molecule has 0 bridgehead atoms. The van der Waals surface area contributed by atoms with Crippen molar-refractivity contribution in [1.82, 2.24) is 19.9 Å². The fourth-order valence-corrected chi connectivity index (χ4v) is 4.53. The van der Waals surface area contributed by atoms with E-state index >= 15 is 0 Å². The molecule has 1 aromatic carbocycles. The number of aromatic nitrogens is 3. The summed E-state index contributed by atoms with van der Waals surface area (Å²) in [5.41, 5.74) is 6.92. The molecule has 3 aromatic rings. The van der Waals surface area contributed by atoms with Gasteiger partial charge in [-0.1, -0.05) is 18.6 Å². The van der Waals surface area contributed by atoms with Gasteiger partial charge in [-0.2, -0.15) is 0 Å². The highest BCUT2D eigenvalue weighted by Gasteiger charge is 2.29. The van der Waals surface area contributed by atoms with Crippen molar-refractivity contribution in [1.29, 1.82) is 0 Å². The number of methoxy groups -OCH3 is 1. The summed E-state index contributed by atoms with van der Waals surface area (Å²) >= 11 is 0. The lowest BCUT2D eigenvalue weighted by molar-refractivity contribution is 0.136. The third-order valence-corrected chi connectivity index (χ3v) is 6.26. The Morgan fingerprint density at radius 1 is 1.09 bits per heavy atom. The molecule has 0 unspecified atom stereocenters. The molecular formula is C26H33N5O. The van der Waals surface area contributed by atoms with Crippen LogP contribution in [0.4, 0.5) is 5.95 Å². The first-order valence-corrected chi connectivity index (χ1v) is 11.3. The molecule has 0 saturated carbocycles. The summed E-state index contributed by atoms with van der Waals surface area (Å²) < 4.78 is 5.70. The Morgan fingerprint density at radius 3 is 2.69 bits per heavy atom. The van der Waals surface area contributed by atoms with E-state index in [9.17, 15) is 0 Å². The Labute approximate surface area is 191 Å². The minimum Gasteiger partial charge on any atom is -0.496 e. The van der Waals surface area contributed by atoms with Gasteiger partial charge in [-0.25, -0.2) is 9.97 Å². The molecule has 6 nitrogen and oxygen atoms in total. The van der Waals surface area contributed by atoms with Crippen LogP contribution in [0.1, 0.15) is 47.7 Å². The summed E-state index contributed by atoms with van der Waals surface area (Å²) in [6.07, 6.45) is 9.22. The number of ether oxygens (including phenoxy) is 1. The zero-order valence-corrected chi connectivity index (χ0v) is 19.8. The van der Waals surface area contributed by atoms with Gasteiger partial charge in [-0.15, -0.1) is 0 Å². The molecule has 1 saturated heterocycles. The summed E-state index contributed by atoms with van der Waals surface area (Å²) in [6, 6.07) is 8.77. The monoisotopic (exact) mass is 431 g/mol. The molecule has 0 radical (unpaired) electrons. The van der Waals surface area contributed by atoms with E-state index in [1.54, 1.807) is 7.11 Å². The van der Waals surface area contributed by atoms with Crippen molar-refractivity contribution in [2.75, 3.05) is 32.6 Å². The quantitative estimate of drug-likeness (QED) is 0.550. The van der Waals surface area contributed by atoms with Gasteiger partial charge >= 0.3 is 0 Å². The van der Waals surface area contributed by atoms with E-state index in [1.165, 1.54) is 24.0 Å². The maximum atomic E-state index is 5.70. The highest BCUT2D eigenvalue weighted by atomic mass is 16.5. The molecule has 1 aliphatic rings. The Hall–Kier alpha value is -2.99. The minimum absolute atomic E-state index is 0.221. The van der Waals surface area contributed by atoms with Crippen molar-refractivity contribution >= 4 is 5.95 Å². The highest BCUT2D eigenvalue weighted by Crippen LogP contribution is 2.38. The Balaban J connectivity index is 1.77. The second kappa shape index (κ2) is 9.65. The second-order valence-corrected chi connectivity index (χ2v) is 8.85. The van der Waals surface area contributed by atoms with Gasteiger partial charge in [0.15, 0.2) is 0 Å². The van der Waals surface area contributed by atoms with Gasteiger partial charge in [0.1, 0.15) is 5.75 Å². The number of piperidine rings is 1. The van der Waals surface area contributed by atoms with Crippen molar-refractivity contribution in [3.63, 3.8) is 0 Å². The fourth-order valence-electron chi connectivity index (χ4n) is 4.53. The SMILES string of the molecule is COc1cc(C)ccc1CN1CCCC[C@@H]1c1nc(N(C)C)ncc1-c1ccncc1C. The minimum atomic E-state index is 0.221. The van der Waals surface area contributed by atoms with Crippen LogP contribution in [0.2, 0.25) is 0 Å². The number of rotatable bonds is 6. The predicted molar refractivity (Wildman–Crippen MR) is 129 cm³/mol. The van der Waals surface area contributed by atoms with Crippen LogP contribution < -0.4 is 9.64 Å². The summed E-state index contributed by atoms with van der Waals surface area (Å²) in [5, 5.41) is 0. The number of likely N-dealkylation sites (tertiary alicyclic amines) is 1. The number of pyridine rings is 1. The molecule has 6 heteroatoms. The topological polar surface area (TPSA) is 54.4 Å². The van der Waals surface area contributed by atoms with Gasteiger partial charge < -0.3 is 9.64 Å². The molecular weight excluding hydrogens is 398 g/mol. The Bertz CT molecular complexity index is 1080. The summed E-state index contributed by atoms with van der Waals surface area (Å²) in [7, 11) is 5.74. The normalized spacial score (nSPS) is 16.7. The first-order valence-electron chi connectivity index (χ1n) is 11.3. The van der Waals surface area contributed by atoms with Crippen molar-refractivity contribution in [3.8, 4) is 16.9 Å². The average Bonchev–Trinajstić information content (AvgIpc) is 2.80. The van der Waals surface area contributed by atoms with Crippen LogP contribution in [0.15, 0.2) is 42.9 Å². The maximum absolute atomic E-state index is 5.70. The van der Waals surface area contributed by atoms with Crippen LogP contribution in [0.25, 0.3) is 11.1 Å². The van der Waals surface area contributed by atoms with E-state index in [4.69, 9.17) is 9.72 Å². The lowest BCUT2D eigenvalue weighted by Crippen LogP contribution is -2.34. The van der Waals surface area contributed by atoms with Crippen molar-refractivity contribution < 1.29 is 4.74 Å². The first kappa shape index (κ1) is 22.2. The van der Waals surface area contributed by atoms with Crippen LogP contribution in [-0.4, -0.2) is 47.6 Å². The lowest BCUT2D eigenvalue weighted by atomic mass is 9.92. The Kier molecular flexibility index (Phi) is 6.70. The first-order chi connectivity index (χ1) is 15.5. The number of nitrogens with zero attached hydrogens (tertiary/aromatic N) is 5. The molecule has 0 spiro atoms. The smallest absolute Gasteiger partial charge is 0.225 e. The predicted octanol–water partition coefficient (Wildman–Crippen LogP) is 4.96. The fraction of sp³-hybridized carbons (Fsp3) is 0.423. The van der Waals surface area contributed by atoms with Gasteiger partial charge in [0.25, 0.3) is 0 Å². The molecule has 3 heterocycles. The van der Waals surface area contributed by atoms with E-state index in [-0.39, 0.29) is 6.04 Å². The molecule has 0 aliphatic carbocycles. The van der Waals surface area contributed by atoms with Gasteiger partial charge in [0, 0.05) is 50.4 Å². The number of aryl methyl sites for hydroxylation is 2. The second-order valence-electron chi connectivity index (χ2n) is 8.85. The zero-order chi connectivity index (χ0) is 22.7. The number of hydrogen-bond acceptors (Lipinski definition) is 6. The largest absolute Gasteiger partial charge is 0.496 e. The van der Waals surface area contributed by atoms with Gasteiger partial charge in [-0.3, -0.25) is 9.88 Å². The van der Waals surface area contributed by atoms with E-state index in [2.05, 4.69) is 53.0 Å². The molecule has 1 atom stereocenters. The van der Waals surface area contributed by atoms with Gasteiger partial charge in [0.05, 0.1) is 18.8 Å². The van der Waals surface area contributed by atoms with Crippen LogP contribution in [0.5, 0.6) is 5.75 Å². The van der Waals surface area contributed by atoms with E-state index < -0.39 is 0 Å². The van der Waals surface area contributed by atoms with E-state index in [1.807, 2.05) is 37.6 Å². The standard InChI is InChI=1S/C26H33N5O/c1-18-9-10-20(24(14-18)32-5)17-31-13-7-6-8-23(31)25-22(16-28-26(29-25)30(3)4)21-11-12-27-15-19(21)2/h9-12,14-16,23H,6-8,13,17H2,1-5H3/t23-/m1/s1. The molecule has 4 rings (SSSR count). The summed E-state index contributed by atoms with van der Waals surface area (Å²) in [6.45, 7) is 6.08. The zero-order valence-electron chi connectivity index (χ0n) is 19.8. The van der Waals surface area contributed by atoms with Crippen molar-refractivity contribution in [2.45, 2.75) is 45.7 Å². The molecule has 168 valence electrons. The van der Waals surface area contributed by atoms with Gasteiger partial charge in [0.2, 0.25) is 5.95 Å². The molecule has 2 aromatic heterocycles. The van der Waals surface area contributed by atoms with Gasteiger partial charge in [-0.05, 0) is 62.1 Å². The van der Waals surface area contributed by atoms with Crippen LogP contribution in [-0.2, 0) is 6.54 Å². The summed E-state index contributed by atoms with van der Waals surface area (Å²) in [5.74, 6) is 1.70.